The van der Waals surface area contributed by atoms with Crippen molar-refractivity contribution in [3.05, 3.63) is 35.4 Å². The van der Waals surface area contributed by atoms with Crippen molar-refractivity contribution >= 4 is 22.3 Å². The number of hydrogen-bond donors (Lipinski definition) is 1. The van der Waals surface area contributed by atoms with Crippen molar-refractivity contribution in [2.45, 2.75) is 57.3 Å². The Balaban J connectivity index is 1.41. The molecule has 2 aromatic rings. The van der Waals surface area contributed by atoms with E-state index in [-0.39, 0.29) is 5.57 Å². The SMILES string of the molecule is CC1CC(c2cc(N3CCC(N4CCCC4)CC3)c3nonc3c2)=CC=C1C(O)C(F)(F)F. The average molecular weight is 463 g/mol. The van der Waals surface area contributed by atoms with Gasteiger partial charge in [0, 0.05) is 19.1 Å². The molecule has 2 fully saturated rings. The van der Waals surface area contributed by atoms with Crippen LogP contribution >= 0.6 is 0 Å². The fraction of sp³-hybridized carbons (Fsp3) is 0.583. The number of hydrogen-bond acceptors (Lipinski definition) is 6. The Morgan fingerprint density at radius 2 is 1.79 bits per heavy atom. The van der Waals surface area contributed by atoms with E-state index in [1.165, 1.54) is 32.0 Å². The third kappa shape index (κ3) is 4.40. The Morgan fingerprint density at radius 1 is 1.06 bits per heavy atom. The second kappa shape index (κ2) is 8.76. The van der Waals surface area contributed by atoms with Crippen molar-refractivity contribution in [1.82, 2.24) is 15.2 Å². The highest BCUT2D eigenvalue weighted by atomic mass is 19.4. The quantitative estimate of drug-likeness (QED) is 0.719. The highest BCUT2D eigenvalue weighted by Gasteiger charge is 2.42. The van der Waals surface area contributed by atoms with Crippen molar-refractivity contribution in [2.24, 2.45) is 5.92 Å². The summed E-state index contributed by atoms with van der Waals surface area (Å²) in [5.41, 5.74) is 4.13. The molecular formula is C24H29F3N4O2. The molecule has 1 aliphatic carbocycles. The van der Waals surface area contributed by atoms with Crippen molar-refractivity contribution in [3.63, 3.8) is 0 Å². The van der Waals surface area contributed by atoms with Crippen LogP contribution < -0.4 is 4.90 Å². The van der Waals surface area contributed by atoms with Crippen molar-refractivity contribution in [3.8, 4) is 0 Å². The Labute approximate surface area is 190 Å². The molecule has 6 nitrogen and oxygen atoms in total. The summed E-state index contributed by atoms with van der Waals surface area (Å²) >= 11 is 0. The number of anilines is 1. The molecule has 2 saturated heterocycles. The number of benzene rings is 1. The number of aromatic nitrogens is 2. The number of halogens is 3. The van der Waals surface area contributed by atoms with Crippen LogP contribution in [0.15, 0.2) is 34.5 Å². The molecule has 2 atom stereocenters. The van der Waals surface area contributed by atoms with Crippen molar-refractivity contribution < 1.29 is 22.9 Å². The first-order chi connectivity index (χ1) is 15.8. The minimum Gasteiger partial charge on any atom is -0.379 e. The molecule has 0 spiro atoms. The highest BCUT2D eigenvalue weighted by Crippen LogP contribution is 2.39. The summed E-state index contributed by atoms with van der Waals surface area (Å²) in [6.07, 6.45) is 1.18. The van der Waals surface area contributed by atoms with Gasteiger partial charge in [-0.05, 0) is 90.3 Å². The fourth-order valence-corrected chi connectivity index (χ4v) is 5.52. The molecule has 2 aliphatic heterocycles. The number of aliphatic hydroxyl groups is 1. The summed E-state index contributed by atoms with van der Waals surface area (Å²) in [7, 11) is 0. The molecule has 1 aromatic heterocycles. The highest BCUT2D eigenvalue weighted by molar-refractivity contribution is 5.92. The Kier molecular flexibility index (Phi) is 5.95. The first-order valence-electron chi connectivity index (χ1n) is 11.7. The minimum atomic E-state index is -4.66. The second-order valence-electron chi connectivity index (χ2n) is 9.50. The summed E-state index contributed by atoms with van der Waals surface area (Å²) in [5, 5.41) is 17.9. The van der Waals surface area contributed by atoms with Crippen LogP contribution in [0.4, 0.5) is 18.9 Å². The lowest BCUT2D eigenvalue weighted by Crippen LogP contribution is -2.44. The largest absolute Gasteiger partial charge is 0.418 e. The predicted molar refractivity (Wildman–Crippen MR) is 120 cm³/mol. The predicted octanol–water partition coefficient (Wildman–Crippen LogP) is 4.56. The molecule has 3 heterocycles. The van der Waals surface area contributed by atoms with Crippen molar-refractivity contribution in [2.75, 3.05) is 31.1 Å². The molecule has 178 valence electrons. The maximum absolute atomic E-state index is 13.0. The number of aliphatic hydroxyl groups excluding tert-OH is 1. The maximum Gasteiger partial charge on any atom is 0.418 e. The zero-order valence-electron chi connectivity index (χ0n) is 18.7. The van der Waals surface area contributed by atoms with E-state index in [1.54, 1.807) is 13.0 Å². The lowest BCUT2D eigenvalue weighted by atomic mass is 9.83. The van der Waals surface area contributed by atoms with Gasteiger partial charge in [-0.3, -0.25) is 0 Å². The number of alkyl halides is 3. The summed E-state index contributed by atoms with van der Waals surface area (Å²) in [6, 6.07) is 4.56. The molecule has 0 saturated carbocycles. The number of likely N-dealkylation sites (tertiary alicyclic amines) is 1. The van der Waals surface area contributed by atoms with Crippen LogP contribution in [-0.4, -0.2) is 64.8 Å². The molecule has 3 aliphatic rings. The molecule has 0 radical (unpaired) electrons. The maximum atomic E-state index is 13.0. The Hall–Kier alpha value is -2.39. The molecule has 9 heteroatoms. The fourth-order valence-electron chi connectivity index (χ4n) is 5.52. The third-order valence-electron chi connectivity index (χ3n) is 7.37. The molecule has 5 rings (SSSR count). The molecule has 2 unspecified atom stereocenters. The number of fused-ring (bicyclic) bond motifs is 1. The van der Waals surface area contributed by atoms with Gasteiger partial charge in [0.1, 0.15) is 5.52 Å². The smallest absolute Gasteiger partial charge is 0.379 e. The molecule has 1 N–H and O–H groups in total. The van der Waals surface area contributed by atoms with Crippen LogP contribution in [-0.2, 0) is 0 Å². The zero-order chi connectivity index (χ0) is 23.2. The van der Waals surface area contributed by atoms with Crippen LogP contribution in [0.2, 0.25) is 0 Å². The van der Waals surface area contributed by atoms with E-state index in [2.05, 4.69) is 26.2 Å². The standard InChI is InChI=1S/C24H29F3N4O2/c1-15-12-16(4-5-19(15)23(32)24(25,26)27)17-13-20-22(29-33-28-20)21(14-17)31-10-6-18(7-11-31)30-8-2-3-9-30/h4-5,13-15,18,23,32H,2-3,6-12H2,1H3. The van der Waals surface area contributed by atoms with Crippen LogP contribution in [0.25, 0.3) is 16.6 Å². The van der Waals surface area contributed by atoms with E-state index in [1.807, 2.05) is 6.07 Å². The van der Waals surface area contributed by atoms with E-state index in [4.69, 9.17) is 4.63 Å². The van der Waals surface area contributed by atoms with Gasteiger partial charge in [-0.15, -0.1) is 0 Å². The average Bonchev–Trinajstić information content (AvgIpc) is 3.49. The Bertz CT molecular complexity index is 1060. The summed E-state index contributed by atoms with van der Waals surface area (Å²) in [5.74, 6) is -0.424. The topological polar surface area (TPSA) is 65.6 Å². The number of allylic oxidation sites excluding steroid dienone is 3. The monoisotopic (exact) mass is 462 g/mol. The lowest BCUT2D eigenvalue weighted by molar-refractivity contribution is -0.193. The van der Waals surface area contributed by atoms with Crippen molar-refractivity contribution in [1.29, 1.82) is 0 Å². The summed E-state index contributed by atoms with van der Waals surface area (Å²) in [6.45, 7) is 5.95. The van der Waals surface area contributed by atoms with Gasteiger partial charge in [-0.1, -0.05) is 19.1 Å². The van der Waals surface area contributed by atoms with Crippen LogP contribution in [0.1, 0.15) is 44.6 Å². The van der Waals surface area contributed by atoms with Gasteiger partial charge >= 0.3 is 6.18 Å². The minimum absolute atomic E-state index is 0.000334. The van der Waals surface area contributed by atoms with E-state index >= 15 is 0 Å². The van der Waals surface area contributed by atoms with Crippen LogP contribution in [0.3, 0.4) is 0 Å². The first-order valence-corrected chi connectivity index (χ1v) is 11.7. The van der Waals surface area contributed by atoms with Gasteiger partial charge < -0.3 is 14.9 Å². The first kappa shape index (κ1) is 22.4. The van der Waals surface area contributed by atoms with E-state index in [0.29, 0.717) is 23.5 Å². The lowest BCUT2D eigenvalue weighted by Gasteiger charge is -2.38. The summed E-state index contributed by atoms with van der Waals surface area (Å²) < 4.78 is 44.0. The second-order valence-corrected chi connectivity index (χ2v) is 9.50. The van der Waals surface area contributed by atoms with Crippen LogP contribution in [0.5, 0.6) is 0 Å². The van der Waals surface area contributed by atoms with E-state index in [9.17, 15) is 18.3 Å². The van der Waals surface area contributed by atoms with Gasteiger partial charge in [-0.25, -0.2) is 4.63 Å². The Morgan fingerprint density at radius 3 is 2.45 bits per heavy atom. The van der Waals surface area contributed by atoms with Gasteiger partial charge in [0.05, 0.1) is 5.69 Å². The molecule has 0 amide bonds. The van der Waals surface area contributed by atoms with Gasteiger partial charge in [0.2, 0.25) is 0 Å². The van der Waals surface area contributed by atoms with Gasteiger partial charge in [0.15, 0.2) is 11.6 Å². The molecular weight excluding hydrogens is 433 g/mol. The normalized spacial score (nSPS) is 24.3. The number of rotatable bonds is 4. The zero-order valence-corrected chi connectivity index (χ0v) is 18.7. The van der Waals surface area contributed by atoms with Gasteiger partial charge in [-0.2, -0.15) is 13.2 Å². The summed E-state index contributed by atoms with van der Waals surface area (Å²) in [4.78, 5) is 4.93. The van der Waals surface area contributed by atoms with Crippen LogP contribution in [0, 0.1) is 5.92 Å². The molecule has 1 aromatic carbocycles. The number of nitrogens with zero attached hydrogens (tertiary/aromatic N) is 4. The third-order valence-corrected chi connectivity index (χ3v) is 7.37. The van der Waals surface area contributed by atoms with E-state index < -0.39 is 18.2 Å². The molecule has 33 heavy (non-hydrogen) atoms. The molecule has 0 bridgehead atoms. The number of piperidine rings is 1. The van der Waals surface area contributed by atoms with E-state index in [0.717, 1.165) is 42.8 Å². The van der Waals surface area contributed by atoms with Gasteiger partial charge in [0.25, 0.3) is 0 Å².